The molecule has 1 saturated heterocycles. The molecule has 29 heavy (non-hydrogen) atoms. The Labute approximate surface area is 181 Å². The third-order valence-electron chi connectivity index (χ3n) is 7.58. The van der Waals surface area contributed by atoms with E-state index in [1.807, 2.05) is 0 Å². The van der Waals surface area contributed by atoms with Gasteiger partial charge in [-0.05, 0) is 68.1 Å². The van der Waals surface area contributed by atoms with Crippen molar-refractivity contribution in [2.75, 3.05) is 24.6 Å². The summed E-state index contributed by atoms with van der Waals surface area (Å²) in [4.78, 5) is 11.1. The monoisotopic (exact) mass is 419 g/mol. The molecule has 2 saturated carbocycles. The molecule has 3 aliphatic rings. The molecule has 1 unspecified atom stereocenters. The molecule has 1 aromatic heterocycles. The maximum absolute atomic E-state index is 6.48. The highest BCUT2D eigenvalue weighted by molar-refractivity contribution is 6.30. The maximum atomic E-state index is 6.48. The number of ether oxygens (including phenoxy) is 1. The van der Waals surface area contributed by atoms with Crippen LogP contribution in [-0.2, 0) is 4.74 Å². The standard InChI is InChI=1S/C24H38ClN3O/c1-17(2)23(19-6-4-3-5-7-19)29-13-10-20-14-22(20)18-8-11-28(12-9-18)24-26-15-21(25)16-27-24/h15-20,22-23H,3-14H2,1-2H3/t20-,22-,23?/m1/s1. The average molecular weight is 420 g/mol. The molecule has 1 aromatic rings. The molecule has 3 fully saturated rings. The molecular weight excluding hydrogens is 382 g/mol. The van der Waals surface area contributed by atoms with Gasteiger partial charge in [-0.15, -0.1) is 0 Å². The van der Waals surface area contributed by atoms with Gasteiger partial charge < -0.3 is 9.64 Å². The van der Waals surface area contributed by atoms with E-state index in [0.717, 1.165) is 49.3 Å². The summed E-state index contributed by atoms with van der Waals surface area (Å²) in [5.74, 6) is 4.99. The van der Waals surface area contributed by atoms with Crippen LogP contribution >= 0.6 is 11.6 Å². The quantitative estimate of drug-likeness (QED) is 0.518. The summed E-state index contributed by atoms with van der Waals surface area (Å²) in [5, 5.41) is 0.606. The summed E-state index contributed by atoms with van der Waals surface area (Å²) in [7, 11) is 0. The summed E-state index contributed by atoms with van der Waals surface area (Å²) in [5.41, 5.74) is 0. The van der Waals surface area contributed by atoms with Crippen molar-refractivity contribution in [3.8, 4) is 0 Å². The fourth-order valence-electron chi connectivity index (χ4n) is 5.87. The topological polar surface area (TPSA) is 38.2 Å². The zero-order valence-electron chi connectivity index (χ0n) is 18.2. The Morgan fingerprint density at radius 1 is 1.07 bits per heavy atom. The summed E-state index contributed by atoms with van der Waals surface area (Å²) < 4.78 is 6.48. The van der Waals surface area contributed by atoms with Gasteiger partial charge in [-0.2, -0.15) is 0 Å². The first kappa shape index (κ1) is 21.4. The van der Waals surface area contributed by atoms with Gasteiger partial charge in [-0.25, -0.2) is 9.97 Å². The van der Waals surface area contributed by atoms with Gasteiger partial charge >= 0.3 is 0 Å². The van der Waals surface area contributed by atoms with E-state index < -0.39 is 0 Å². The van der Waals surface area contributed by atoms with E-state index in [1.165, 1.54) is 57.8 Å². The second-order valence-electron chi connectivity index (χ2n) is 9.95. The Morgan fingerprint density at radius 2 is 1.76 bits per heavy atom. The van der Waals surface area contributed by atoms with E-state index in [1.54, 1.807) is 12.4 Å². The predicted octanol–water partition coefficient (Wildman–Crippen LogP) is 5.99. The Balaban J connectivity index is 1.16. The van der Waals surface area contributed by atoms with E-state index in [9.17, 15) is 0 Å². The van der Waals surface area contributed by atoms with Crippen molar-refractivity contribution in [2.24, 2.45) is 29.6 Å². The summed E-state index contributed by atoms with van der Waals surface area (Å²) >= 11 is 5.91. The largest absolute Gasteiger partial charge is 0.378 e. The molecule has 4 nitrogen and oxygen atoms in total. The third-order valence-corrected chi connectivity index (χ3v) is 7.78. The van der Waals surface area contributed by atoms with Crippen molar-refractivity contribution in [1.82, 2.24) is 9.97 Å². The zero-order chi connectivity index (χ0) is 20.2. The van der Waals surface area contributed by atoms with Crippen LogP contribution in [-0.4, -0.2) is 35.8 Å². The summed E-state index contributed by atoms with van der Waals surface area (Å²) in [6, 6.07) is 0. The molecule has 3 atom stereocenters. The molecular formula is C24H38ClN3O. The Bertz CT molecular complexity index is 624. The van der Waals surface area contributed by atoms with Gasteiger partial charge in [0.1, 0.15) is 0 Å². The minimum Gasteiger partial charge on any atom is -0.378 e. The van der Waals surface area contributed by atoms with Crippen molar-refractivity contribution < 1.29 is 4.74 Å². The lowest BCUT2D eigenvalue weighted by molar-refractivity contribution is -0.0308. The smallest absolute Gasteiger partial charge is 0.225 e. The number of hydrogen-bond acceptors (Lipinski definition) is 4. The number of rotatable bonds is 8. The number of anilines is 1. The van der Waals surface area contributed by atoms with Crippen molar-refractivity contribution in [2.45, 2.75) is 77.7 Å². The molecule has 0 radical (unpaired) electrons. The van der Waals surface area contributed by atoms with Crippen LogP contribution in [0.1, 0.15) is 71.6 Å². The Morgan fingerprint density at radius 3 is 2.41 bits per heavy atom. The molecule has 1 aliphatic heterocycles. The van der Waals surface area contributed by atoms with E-state index in [2.05, 4.69) is 28.7 Å². The molecule has 0 bridgehead atoms. The number of piperidine rings is 1. The Kier molecular flexibility index (Phi) is 7.34. The number of halogens is 1. The second-order valence-corrected chi connectivity index (χ2v) is 10.4. The molecule has 2 heterocycles. The van der Waals surface area contributed by atoms with Crippen molar-refractivity contribution in [3.63, 3.8) is 0 Å². The minimum absolute atomic E-state index is 0.482. The van der Waals surface area contributed by atoms with Gasteiger partial charge in [0.2, 0.25) is 5.95 Å². The first-order valence-corrected chi connectivity index (χ1v) is 12.3. The molecule has 4 rings (SSSR count). The molecule has 0 spiro atoms. The van der Waals surface area contributed by atoms with Gasteiger partial charge in [0, 0.05) is 19.7 Å². The highest BCUT2D eigenvalue weighted by Crippen LogP contribution is 2.50. The van der Waals surface area contributed by atoms with Crippen molar-refractivity contribution in [3.05, 3.63) is 17.4 Å². The van der Waals surface area contributed by atoms with Crippen LogP contribution in [0.5, 0.6) is 0 Å². The van der Waals surface area contributed by atoms with E-state index in [-0.39, 0.29) is 0 Å². The van der Waals surface area contributed by atoms with Crippen molar-refractivity contribution in [1.29, 1.82) is 0 Å². The van der Waals surface area contributed by atoms with Crippen LogP contribution < -0.4 is 4.90 Å². The lowest BCUT2D eigenvalue weighted by Gasteiger charge is -2.33. The van der Waals surface area contributed by atoms with Crippen LogP contribution in [0.25, 0.3) is 0 Å². The zero-order valence-corrected chi connectivity index (χ0v) is 19.0. The summed E-state index contributed by atoms with van der Waals surface area (Å²) in [6.45, 7) is 7.80. The lowest BCUT2D eigenvalue weighted by Crippen LogP contribution is -2.35. The van der Waals surface area contributed by atoms with Crippen LogP contribution in [0.4, 0.5) is 5.95 Å². The van der Waals surface area contributed by atoms with Gasteiger partial charge in [-0.3, -0.25) is 0 Å². The number of nitrogens with zero attached hydrogens (tertiary/aromatic N) is 3. The first-order valence-electron chi connectivity index (χ1n) is 12.0. The highest BCUT2D eigenvalue weighted by Gasteiger charge is 2.43. The van der Waals surface area contributed by atoms with E-state index >= 15 is 0 Å². The van der Waals surface area contributed by atoms with Crippen LogP contribution in [0.2, 0.25) is 5.02 Å². The highest BCUT2D eigenvalue weighted by atomic mass is 35.5. The predicted molar refractivity (Wildman–Crippen MR) is 119 cm³/mol. The fourth-order valence-corrected chi connectivity index (χ4v) is 5.97. The number of hydrogen-bond donors (Lipinski definition) is 0. The maximum Gasteiger partial charge on any atom is 0.225 e. The van der Waals surface area contributed by atoms with Crippen LogP contribution in [0.15, 0.2) is 12.4 Å². The van der Waals surface area contributed by atoms with Gasteiger partial charge in [0.05, 0.1) is 23.5 Å². The fraction of sp³-hybridized carbons (Fsp3) is 0.833. The SMILES string of the molecule is CC(C)C(OCC[C@@H]1C[C@@H]1C1CCN(c2ncc(Cl)cn2)CC1)C1CCCCC1. The van der Waals surface area contributed by atoms with E-state index in [0.29, 0.717) is 17.0 Å². The van der Waals surface area contributed by atoms with Gasteiger partial charge in [0.25, 0.3) is 0 Å². The molecule has 162 valence electrons. The van der Waals surface area contributed by atoms with Gasteiger partial charge in [-0.1, -0.05) is 44.7 Å². The Hall–Kier alpha value is -0.870. The van der Waals surface area contributed by atoms with Gasteiger partial charge in [0.15, 0.2) is 0 Å². The third kappa shape index (κ3) is 5.64. The molecule has 0 aromatic carbocycles. The lowest BCUT2D eigenvalue weighted by atomic mass is 9.81. The van der Waals surface area contributed by atoms with E-state index in [4.69, 9.17) is 16.3 Å². The molecule has 0 amide bonds. The molecule has 2 aliphatic carbocycles. The van der Waals surface area contributed by atoms with Crippen molar-refractivity contribution >= 4 is 17.5 Å². The second kappa shape index (κ2) is 9.96. The minimum atomic E-state index is 0.482. The molecule has 5 heteroatoms. The number of aromatic nitrogens is 2. The summed E-state index contributed by atoms with van der Waals surface area (Å²) in [6.07, 6.45) is 16.1. The normalized spacial score (nSPS) is 27.4. The van der Waals surface area contributed by atoms with Crippen LogP contribution in [0, 0.1) is 29.6 Å². The average Bonchev–Trinajstić information content (AvgIpc) is 3.52. The first-order chi connectivity index (χ1) is 14.1. The molecule has 0 N–H and O–H groups in total. The van der Waals surface area contributed by atoms with Crippen LogP contribution in [0.3, 0.4) is 0 Å².